The van der Waals surface area contributed by atoms with Crippen molar-refractivity contribution in [3.05, 3.63) is 73.8 Å². The molecule has 1 heterocycles. The highest BCUT2D eigenvalue weighted by atomic mass is 16.6. The van der Waals surface area contributed by atoms with E-state index in [1.165, 1.54) is 12.1 Å². The minimum Gasteiger partial charge on any atom is -0.376 e. The number of rotatable bonds is 7. The summed E-state index contributed by atoms with van der Waals surface area (Å²) in [4.78, 5) is 45.6. The van der Waals surface area contributed by atoms with Gasteiger partial charge < -0.3 is 15.4 Å². The third kappa shape index (κ3) is 4.75. The number of carbonyl (C=O) groups is 2. The Kier molecular flexibility index (Phi) is 6.32. The van der Waals surface area contributed by atoms with Gasteiger partial charge in [-0.25, -0.2) is 0 Å². The molecule has 2 aromatic carbocycles. The van der Waals surface area contributed by atoms with E-state index in [0.717, 1.165) is 31.0 Å². The van der Waals surface area contributed by atoms with Crippen molar-refractivity contribution in [2.45, 2.75) is 18.9 Å². The number of non-ortho nitro benzene ring substituents is 1. The van der Waals surface area contributed by atoms with E-state index in [9.17, 15) is 29.8 Å². The number of para-hydroxylation sites is 1. The second kappa shape index (κ2) is 9.09. The molecule has 2 N–H and O–H groups in total. The number of benzene rings is 2. The van der Waals surface area contributed by atoms with Crippen LogP contribution in [0.5, 0.6) is 0 Å². The predicted octanol–water partition coefficient (Wildman–Crippen LogP) is 2.66. The van der Waals surface area contributed by atoms with Gasteiger partial charge in [0.05, 0.1) is 33.3 Å². The maximum absolute atomic E-state index is 12.6. The van der Waals surface area contributed by atoms with E-state index < -0.39 is 33.0 Å². The fraction of sp³-hybridized carbons (Fsp3) is 0.263. The first-order valence-corrected chi connectivity index (χ1v) is 9.10. The molecule has 30 heavy (non-hydrogen) atoms. The summed E-state index contributed by atoms with van der Waals surface area (Å²) >= 11 is 0. The molecule has 3 rings (SSSR count). The van der Waals surface area contributed by atoms with E-state index in [4.69, 9.17) is 4.74 Å². The third-order valence-corrected chi connectivity index (χ3v) is 4.57. The molecule has 0 saturated carbocycles. The van der Waals surface area contributed by atoms with Crippen LogP contribution in [0, 0.1) is 20.2 Å². The Bertz CT molecular complexity index is 1000. The molecule has 1 saturated heterocycles. The molecule has 11 heteroatoms. The minimum atomic E-state index is -0.873. The number of nitro groups is 2. The number of nitrogens with zero attached hydrogens (tertiary/aromatic N) is 2. The molecule has 1 atom stereocenters. The molecule has 0 bridgehead atoms. The quantitative estimate of drug-likeness (QED) is 0.521. The lowest BCUT2D eigenvalue weighted by Crippen LogP contribution is -2.32. The Morgan fingerprint density at radius 1 is 1.03 bits per heavy atom. The van der Waals surface area contributed by atoms with Gasteiger partial charge in [0.25, 0.3) is 23.2 Å². The summed E-state index contributed by atoms with van der Waals surface area (Å²) in [5.74, 6) is -1.30. The molecular weight excluding hydrogens is 396 g/mol. The number of hydrogen-bond donors (Lipinski definition) is 2. The van der Waals surface area contributed by atoms with Crippen molar-refractivity contribution in [2.24, 2.45) is 0 Å². The largest absolute Gasteiger partial charge is 0.376 e. The molecule has 2 aromatic rings. The topological polar surface area (TPSA) is 154 Å². The zero-order chi connectivity index (χ0) is 21.7. The Morgan fingerprint density at radius 3 is 2.47 bits per heavy atom. The van der Waals surface area contributed by atoms with E-state index in [1.54, 1.807) is 12.1 Å². The van der Waals surface area contributed by atoms with Gasteiger partial charge in [0.1, 0.15) is 5.56 Å². The minimum absolute atomic E-state index is 0.0570. The summed E-state index contributed by atoms with van der Waals surface area (Å²) in [6, 6.07) is 8.92. The fourth-order valence-corrected chi connectivity index (χ4v) is 3.06. The Morgan fingerprint density at radius 2 is 1.80 bits per heavy atom. The van der Waals surface area contributed by atoms with Gasteiger partial charge in [0.15, 0.2) is 0 Å². The highest BCUT2D eigenvalue weighted by Gasteiger charge is 2.25. The van der Waals surface area contributed by atoms with Crippen LogP contribution in [-0.2, 0) is 4.74 Å². The molecule has 156 valence electrons. The first-order valence-electron chi connectivity index (χ1n) is 9.10. The van der Waals surface area contributed by atoms with Gasteiger partial charge in [-0.15, -0.1) is 0 Å². The zero-order valence-electron chi connectivity index (χ0n) is 15.7. The second-order valence-corrected chi connectivity index (χ2v) is 6.56. The summed E-state index contributed by atoms with van der Waals surface area (Å²) in [6.45, 7) is 0.982. The average Bonchev–Trinajstić information content (AvgIpc) is 3.25. The van der Waals surface area contributed by atoms with Crippen molar-refractivity contribution in [3.8, 4) is 0 Å². The molecule has 1 aliphatic heterocycles. The molecule has 2 amide bonds. The van der Waals surface area contributed by atoms with Crippen molar-refractivity contribution in [3.63, 3.8) is 0 Å². The highest BCUT2D eigenvalue weighted by molar-refractivity contribution is 6.10. The number of nitrogens with one attached hydrogen (secondary N) is 2. The maximum Gasteiger partial charge on any atom is 0.289 e. The van der Waals surface area contributed by atoms with Crippen LogP contribution in [0.3, 0.4) is 0 Å². The van der Waals surface area contributed by atoms with Crippen molar-refractivity contribution in [1.82, 2.24) is 5.32 Å². The summed E-state index contributed by atoms with van der Waals surface area (Å²) < 4.78 is 5.46. The van der Waals surface area contributed by atoms with E-state index >= 15 is 0 Å². The fourth-order valence-electron chi connectivity index (χ4n) is 3.06. The van der Waals surface area contributed by atoms with E-state index in [-0.39, 0.29) is 22.9 Å². The van der Waals surface area contributed by atoms with Crippen LogP contribution >= 0.6 is 0 Å². The van der Waals surface area contributed by atoms with Crippen molar-refractivity contribution < 1.29 is 24.2 Å². The SMILES string of the molecule is O=C(NCC1CCCO1)c1ccccc1NC(=O)c1ccc([N+](=O)[O-])cc1[N+](=O)[O-]. The predicted molar refractivity (Wildman–Crippen MR) is 105 cm³/mol. The van der Waals surface area contributed by atoms with Crippen LogP contribution in [0.15, 0.2) is 42.5 Å². The molecule has 0 spiro atoms. The monoisotopic (exact) mass is 414 g/mol. The zero-order valence-corrected chi connectivity index (χ0v) is 15.7. The Hall–Kier alpha value is -3.86. The molecule has 1 fully saturated rings. The van der Waals surface area contributed by atoms with Crippen LogP contribution in [-0.4, -0.2) is 40.9 Å². The van der Waals surface area contributed by atoms with Crippen molar-refractivity contribution >= 4 is 28.9 Å². The van der Waals surface area contributed by atoms with Crippen LogP contribution < -0.4 is 10.6 Å². The standard InChI is InChI=1S/C19H18N4O7/c24-18(20-11-13-4-3-9-30-13)14-5-1-2-6-16(14)21-19(25)15-8-7-12(22(26)27)10-17(15)23(28)29/h1-2,5-8,10,13H,3-4,9,11H2,(H,20,24)(H,21,25). The van der Waals surface area contributed by atoms with Crippen molar-refractivity contribution in [1.29, 1.82) is 0 Å². The molecule has 1 unspecified atom stereocenters. The number of carbonyl (C=O) groups excluding carboxylic acids is 2. The molecule has 0 radical (unpaired) electrons. The van der Waals surface area contributed by atoms with Crippen molar-refractivity contribution in [2.75, 3.05) is 18.5 Å². The lowest BCUT2D eigenvalue weighted by Gasteiger charge is -2.14. The van der Waals surface area contributed by atoms with Crippen LogP contribution in [0.25, 0.3) is 0 Å². The van der Waals surface area contributed by atoms with Gasteiger partial charge in [-0.2, -0.15) is 0 Å². The summed E-state index contributed by atoms with van der Waals surface area (Å²) in [5.41, 5.74) is -1.25. The maximum atomic E-state index is 12.6. The number of hydrogen-bond acceptors (Lipinski definition) is 7. The molecule has 0 aromatic heterocycles. The van der Waals surface area contributed by atoms with Crippen LogP contribution in [0.4, 0.5) is 17.1 Å². The molecule has 1 aliphatic rings. The summed E-state index contributed by atoms with van der Waals surface area (Å²) in [5, 5.41) is 27.3. The van der Waals surface area contributed by atoms with E-state index in [0.29, 0.717) is 13.2 Å². The Labute approximate surface area is 170 Å². The summed E-state index contributed by atoms with van der Waals surface area (Å²) in [7, 11) is 0. The highest BCUT2D eigenvalue weighted by Crippen LogP contribution is 2.26. The first-order chi connectivity index (χ1) is 14.4. The molecular formula is C19H18N4O7. The smallest absolute Gasteiger partial charge is 0.289 e. The Balaban J connectivity index is 1.79. The number of ether oxygens (including phenoxy) is 1. The number of amides is 2. The van der Waals surface area contributed by atoms with Crippen LogP contribution in [0.1, 0.15) is 33.6 Å². The van der Waals surface area contributed by atoms with Gasteiger partial charge in [0, 0.05) is 19.2 Å². The molecule has 0 aliphatic carbocycles. The first kappa shape index (κ1) is 20.9. The van der Waals surface area contributed by atoms with Gasteiger partial charge in [0.2, 0.25) is 0 Å². The normalized spacial score (nSPS) is 15.4. The van der Waals surface area contributed by atoms with Crippen LogP contribution in [0.2, 0.25) is 0 Å². The summed E-state index contributed by atoms with van der Waals surface area (Å²) in [6.07, 6.45) is 1.72. The third-order valence-electron chi connectivity index (χ3n) is 4.57. The van der Waals surface area contributed by atoms with E-state index in [1.807, 2.05) is 0 Å². The van der Waals surface area contributed by atoms with E-state index in [2.05, 4.69) is 10.6 Å². The average molecular weight is 414 g/mol. The van der Waals surface area contributed by atoms with Gasteiger partial charge in [-0.3, -0.25) is 29.8 Å². The number of nitro benzene ring substituents is 2. The second-order valence-electron chi connectivity index (χ2n) is 6.56. The number of anilines is 1. The molecule has 11 nitrogen and oxygen atoms in total. The lowest BCUT2D eigenvalue weighted by molar-refractivity contribution is -0.394. The van der Waals surface area contributed by atoms with Gasteiger partial charge in [-0.1, -0.05) is 12.1 Å². The van der Waals surface area contributed by atoms with Gasteiger partial charge in [-0.05, 0) is 31.0 Å². The van der Waals surface area contributed by atoms with Gasteiger partial charge >= 0.3 is 0 Å². The lowest BCUT2D eigenvalue weighted by atomic mass is 10.1.